The third-order valence-corrected chi connectivity index (χ3v) is 3.73. The van der Waals surface area contributed by atoms with Crippen LogP contribution in [0.3, 0.4) is 0 Å². The molecule has 0 aromatic rings. The van der Waals surface area contributed by atoms with Crippen LogP contribution >= 0.6 is 0 Å². The van der Waals surface area contributed by atoms with Gasteiger partial charge in [0.2, 0.25) is 0 Å². The Kier molecular flexibility index (Phi) is 10.4. The van der Waals surface area contributed by atoms with Crippen molar-refractivity contribution >= 4 is 0 Å². The van der Waals surface area contributed by atoms with Gasteiger partial charge in [-0.1, -0.05) is 19.1 Å². The van der Waals surface area contributed by atoms with Crippen molar-refractivity contribution in [2.45, 2.75) is 65.1 Å². The maximum atomic E-state index is 6.15. The molecular formula is C16H34N4. The number of hydrogen-bond acceptors (Lipinski definition) is 4. The molecule has 6 N–H and O–H groups in total. The molecule has 0 saturated carbocycles. The molecule has 3 atom stereocenters. The van der Waals surface area contributed by atoms with Crippen LogP contribution in [0, 0.1) is 0 Å². The van der Waals surface area contributed by atoms with E-state index in [4.69, 9.17) is 11.5 Å². The number of nitrogens with two attached hydrogens (primary N) is 2. The summed E-state index contributed by atoms with van der Waals surface area (Å²) in [5.74, 6) is 0. The fourth-order valence-corrected chi connectivity index (χ4v) is 1.93. The molecule has 0 fully saturated rings. The fourth-order valence-electron chi connectivity index (χ4n) is 1.93. The molecule has 0 radical (unpaired) electrons. The molecule has 0 rings (SSSR count). The molecule has 0 bridgehead atoms. The van der Waals surface area contributed by atoms with Crippen molar-refractivity contribution in [1.82, 2.24) is 10.6 Å². The van der Waals surface area contributed by atoms with Crippen LogP contribution in [0.2, 0.25) is 0 Å². The molecule has 118 valence electrons. The van der Waals surface area contributed by atoms with Gasteiger partial charge in [-0.15, -0.1) is 0 Å². The molecule has 0 aromatic heterocycles. The van der Waals surface area contributed by atoms with Crippen molar-refractivity contribution in [3.8, 4) is 0 Å². The molecule has 0 spiro atoms. The lowest BCUT2D eigenvalue weighted by Crippen LogP contribution is -2.27. The second-order valence-corrected chi connectivity index (χ2v) is 5.59. The Morgan fingerprint density at radius 3 is 2.45 bits per heavy atom. The van der Waals surface area contributed by atoms with E-state index in [0.29, 0.717) is 12.1 Å². The molecule has 0 aromatic carbocycles. The molecule has 0 aliphatic heterocycles. The molecule has 0 aliphatic carbocycles. The average Bonchev–Trinajstić information content (AvgIpc) is 2.43. The molecule has 20 heavy (non-hydrogen) atoms. The summed E-state index contributed by atoms with van der Waals surface area (Å²) < 4.78 is 0. The minimum Gasteiger partial charge on any atom is -0.402 e. The van der Waals surface area contributed by atoms with Crippen molar-refractivity contribution in [2.75, 3.05) is 13.6 Å². The molecule has 2 unspecified atom stereocenters. The first kappa shape index (κ1) is 19.2. The predicted octanol–water partition coefficient (Wildman–Crippen LogP) is 1.88. The highest BCUT2D eigenvalue weighted by Crippen LogP contribution is 2.11. The van der Waals surface area contributed by atoms with Gasteiger partial charge in [-0.25, -0.2) is 0 Å². The first-order valence-electron chi connectivity index (χ1n) is 7.70. The predicted molar refractivity (Wildman–Crippen MR) is 89.5 cm³/mol. The van der Waals surface area contributed by atoms with Gasteiger partial charge in [0.1, 0.15) is 0 Å². The van der Waals surface area contributed by atoms with E-state index in [1.54, 1.807) is 0 Å². The summed E-state index contributed by atoms with van der Waals surface area (Å²) in [6, 6.07) is 0.893. The highest BCUT2D eigenvalue weighted by molar-refractivity contribution is 5.20. The summed E-state index contributed by atoms with van der Waals surface area (Å²) in [6.07, 6.45) is 7.10. The minimum atomic E-state index is -0.0755. The van der Waals surface area contributed by atoms with E-state index in [2.05, 4.69) is 37.5 Å². The van der Waals surface area contributed by atoms with Crippen LogP contribution in [-0.4, -0.2) is 31.7 Å². The quantitative estimate of drug-likeness (QED) is 0.462. The van der Waals surface area contributed by atoms with Crippen LogP contribution in [0.4, 0.5) is 0 Å². The van der Waals surface area contributed by atoms with E-state index in [0.717, 1.165) is 37.1 Å². The topological polar surface area (TPSA) is 76.1 Å². The van der Waals surface area contributed by atoms with Gasteiger partial charge in [0.15, 0.2) is 0 Å². The molecule has 0 heterocycles. The number of hydrogen-bond donors (Lipinski definition) is 4. The van der Waals surface area contributed by atoms with Crippen LogP contribution in [0.15, 0.2) is 23.4 Å². The summed E-state index contributed by atoms with van der Waals surface area (Å²) in [6.45, 7) is 9.48. The SMILES string of the molecule is CCN[C@@H](C)CC/C(N)=C(\C)C(N)/C=C/CC(C)NC. The van der Waals surface area contributed by atoms with Gasteiger partial charge in [-0.2, -0.15) is 0 Å². The van der Waals surface area contributed by atoms with Crippen molar-refractivity contribution < 1.29 is 0 Å². The molecule has 4 heteroatoms. The monoisotopic (exact) mass is 282 g/mol. The van der Waals surface area contributed by atoms with Crippen LogP contribution < -0.4 is 22.1 Å². The zero-order valence-corrected chi connectivity index (χ0v) is 13.9. The lowest BCUT2D eigenvalue weighted by Gasteiger charge is -2.16. The largest absolute Gasteiger partial charge is 0.402 e. The number of rotatable bonds is 10. The normalized spacial score (nSPS) is 17.9. The molecule has 0 amide bonds. The molecule has 4 nitrogen and oxygen atoms in total. The molecule has 0 aliphatic rings. The maximum absolute atomic E-state index is 6.15. The van der Waals surface area contributed by atoms with Crippen molar-refractivity contribution in [2.24, 2.45) is 11.5 Å². The van der Waals surface area contributed by atoms with Gasteiger partial charge in [-0.3, -0.25) is 0 Å². The van der Waals surface area contributed by atoms with Gasteiger partial charge < -0.3 is 22.1 Å². The summed E-state index contributed by atoms with van der Waals surface area (Å²) in [7, 11) is 1.97. The number of allylic oxidation sites excluding steroid dienone is 1. The first-order chi connectivity index (χ1) is 9.42. The van der Waals surface area contributed by atoms with E-state index < -0.39 is 0 Å². The Balaban J connectivity index is 4.30. The van der Waals surface area contributed by atoms with Gasteiger partial charge in [-0.05, 0) is 59.2 Å². The lowest BCUT2D eigenvalue weighted by atomic mass is 10.0. The van der Waals surface area contributed by atoms with E-state index >= 15 is 0 Å². The van der Waals surface area contributed by atoms with Gasteiger partial charge in [0.05, 0.1) is 0 Å². The van der Waals surface area contributed by atoms with Crippen LogP contribution in [0.25, 0.3) is 0 Å². The molecular weight excluding hydrogens is 248 g/mol. The number of nitrogens with one attached hydrogen (secondary N) is 2. The summed E-state index contributed by atoms with van der Waals surface area (Å²) in [5.41, 5.74) is 14.3. The second kappa shape index (κ2) is 10.9. The van der Waals surface area contributed by atoms with E-state index in [9.17, 15) is 0 Å². The van der Waals surface area contributed by atoms with E-state index in [-0.39, 0.29) is 6.04 Å². The van der Waals surface area contributed by atoms with Gasteiger partial charge >= 0.3 is 0 Å². The molecule has 0 saturated heterocycles. The lowest BCUT2D eigenvalue weighted by molar-refractivity contribution is 0.527. The van der Waals surface area contributed by atoms with Crippen molar-refractivity contribution in [1.29, 1.82) is 0 Å². The van der Waals surface area contributed by atoms with E-state index in [1.807, 2.05) is 20.0 Å². The van der Waals surface area contributed by atoms with E-state index in [1.165, 1.54) is 0 Å². The summed E-state index contributed by atoms with van der Waals surface area (Å²) >= 11 is 0. The zero-order valence-electron chi connectivity index (χ0n) is 13.9. The van der Waals surface area contributed by atoms with Crippen molar-refractivity contribution in [3.63, 3.8) is 0 Å². The summed E-state index contributed by atoms with van der Waals surface area (Å²) in [5, 5.41) is 6.59. The Morgan fingerprint density at radius 2 is 1.90 bits per heavy atom. The Labute approximate surface area is 125 Å². The highest BCUT2D eigenvalue weighted by atomic mass is 14.9. The van der Waals surface area contributed by atoms with Crippen molar-refractivity contribution in [3.05, 3.63) is 23.4 Å². The van der Waals surface area contributed by atoms with Crippen LogP contribution in [-0.2, 0) is 0 Å². The standard InChI is InChI=1S/C16H34N4/c1-6-20-13(3)10-11-16(18)14(4)15(17)9-7-8-12(2)19-5/h7,9,12-13,15,19-20H,6,8,10-11,17-18H2,1-5H3/b9-7+,16-14-/t12?,13-,15?/m0/s1. The second-order valence-electron chi connectivity index (χ2n) is 5.59. The highest BCUT2D eigenvalue weighted by Gasteiger charge is 2.07. The van der Waals surface area contributed by atoms with Crippen LogP contribution in [0.5, 0.6) is 0 Å². The third kappa shape index (κ3) is 8.35. The van der Waals surface area contributed by atoms with Gasteiger partial charge in [0, 0.05) is 23.8 Å². The smallest absolute Gasteiger partial charge is 0.0457 e. The van der Waals surface area contributed by atoms with Gasteiger partial charge in [0.25, 0.3) is 0 Å². The maximum Gasteiger partial charge on any atom is 0.0457 e. The summed E-state index contributed by atoms with van der Waals surface area (Å²) in [4.78, 5) is 0. The van der Waals surface area contributed by atoms with Crippen LogP contribution in [0.1, 0.15) is 47.0 Å². The Morgan fingerprint density at radius 1 is 1.25 bits per heavy atom. The first-order valence-corrected chi connectivity index (χ1v) is 7.70. The third-order valence-electron chi connectivity index (χ3n) is 3.73. The fraction of sp³-hybridized carbons (Fsp3) is 0.750. The Hall–Kier alpha value is -0.840. The zero-order chi connectivity index (χ0) is 15.5. The average molecular weight is 282 g/mol. The minimum absolute atomic E-state index is 0.0755. The Bertz CT molecular complexity index is 310.